The van der Waals surface area contributed by atoms with Crippen molar-refractivity contribution in [1.29, 1.82) is 0 Å². The van der Waals surface area contributed by atoms with E-state index in [0.29, 0.717) is 13.2 Å². The predicted octanol–water partition coefficient (Wildman–Crippen LogP) is 3.69. The summed E-state index contributed by atoms with van der Waals surface area (Å²) in [4.78, 5) is 10.4. The maximum atomic E-state index is 10.4. The molecule has 0 fully saturated rings. The number of ether oxygens (including phenoxy) is 3. The van der Waals surface area contributed by atoms with Crippen LogP contribution in [-0.4, -0.2) is 38.5 Å². The number of aliphatic carboxylic acids is 1. The third kappa shape index (κ3) is 8.45. The number of carboxylic acids is 1. The summed E-state index contributed by atoms with van der Waals surface area (Å²) >= 11 is 0. The van der Waals surface area contributed by atoms with E-state index in [9.17, 15) is 4.79 Å². The van der Waals surface area contributed by atoms with Gasteiger partial charge in [0.25, 0.3) is 0 Å². The first kappa shape index (κ1) is 19.3. The van der Waals surface area contributed by atoms with Crippen molar-refractivity contribution in [1.82, 2.24) is 0 Å². The highest BCUT2D eigenvalue weighted by atomic mass is 16.5. The van der Waals surface area contributed by atoms with Gasteiger partial charge in [0.2, 0.25) is 0 Å². The molecule has 1 N–H and O–H groups in total. The quantitative estimate of drug-likeness (QED) is 0.561. The largest absolute Gasteiger partial charge is 0.496 e. The summed E-state index contributed by atoms with van der Waals surface area (Å²) in [5.41, 5.74) is 1.16. The molecule has 5 heteroatoms. The molecule has 0 unspecified atom stereocenters. The molecule has 23 heavy (non-hydrogen) atoms. The standard InChI is InChI=1S/C18H28O5/c1-21-12-7-13-23-16-11-10-15(17(14-16)22-2)8-5-3-4-6-9-18(19)20/h10-11,14H,3-9,12-13H2,1-2H3,(H,19,20). The lowest BCUT2D eigenvalue weighted by Crippen LogP contribution is -2.02. The van der Waals surface area contributed by atoms with Gasteiger partial charge in [0.1, 0.15) is 11.5 Å². The Hall–Kier alpha value is -1.75. The van der Waals surface area contributed by atoms with Gasteiger partial charge < -0.3 is 19.3 Å². The summed E-state index contributed by atoms with van der Waals surface area (Å²) in [5.74, 6) is 0.940. The lowest BCUT2D eigenvalue weighted by molar-refractivity contribution is -0.137. The fourth-order valence-electron chi connectivity index (χ4n) is 2.36. The molecule has 5 nitrogen and oxygen atoms in total. The van der Waals surface area contributed by atoms with Crippen LogP contribution in [0.4, 0.5) is 0 Å². The lowest BCUT2D eigenvalue weighted by atomic mass is 10.0. The second-order valence-corrected chi connectivity index (χ2v) is 5.48. The van der Waals surface area contributed by atoms with Gasteiger partial charge in [0.05, 0.1) is 13.7 Å². The summed E-state index contributed by atoms with van der Waals surface area (Å²) < 4.78 is 16.1. The Morgan fingerprint density at radius 3 is 2.52 bits per heavy atom. The summed E-state index contributed by atoms with van der Waals surface area (Å²) in [6.45, 7) is 1.32. The number of methoxy groups -OCH3 is 2. The Kier molecular flexibility index (Phi) is 9.87. The minimum Gasteiger partial charge on any atom is -0.496 e. The molecule has 1 rings (SSSR count). The molecule has 1 aromatic rings. The van der Waals surface area contributed by atoms with Gasteiger partial charge in [-0.1, -0.05) is 18.9 Å². The zero-order chi connectivity index (χ0) is 16.9. The minimum absolute atomic E-state index is 0.262. The topological polar surface area (TPSA) is 65.0 Å². The summed E-state index contributed by atoms with van der Waals surface area (Å²) in [6.07, 6.45) is 5.82. The number of hydrogen-bond acceptors (Lipinski definition) is 4. The normalized spacial score (nSPS) is 10.5. The predicted molar refractivity (Wildman–Crippen MR) is 89.4 cm³/mol. The molecule has 0 aliphatic heterocycles. The Morgan fingerprint density at radius 2 is 1.83 bits per heavy atom. The second-order valence-electron chi connectivity index (χ2n) is 5.48. The molecule has 0 amide bonds. The number of rotatable bonds is 13. The molecule has 130 valence electrons. The van der Waals surface area contributed by atoms with Gasteiger partial charge in [0.15, 0.2) is 0 Å². The highest BCUT2D eigenvalue weighted by Crippen LogP contribution is 2.26. The maximum absolute atomic E-state index is 10.4. The number of benzene rings is 1. The molecule has 0 bridgehead atoms. The smallest absolute Gasteiger partial charge is 0.303 e. The summed E-state index contributed by atoms with van der Waals surface area (Å²) in [7, 11) is 3.35. The first-order valence-electron chi connectivity index (χ1n) is 8.17. The SMILES string of the molecule is COCCCOc1ccc(CCCCCCC(=O)O)c(OC)c1. The van der Waals surface area contributed by atoms with Crippen LogP contribution >= 0.6 is 0 Å². The van der Waals surface area contributed by atoms with Crippen LogP contribution in [0.1, 0.15) is 44.1 Å². The van der Waals surface area contributed by atoms with Gasteiger partial charge >= 0.3 is 5.97 Å². The van der Waals surface area contributed by atoms with Crippen molar-refractivity contribution in [2.24, 2.45) is 0 Å². The molecule has 0 saturated heterocycles. The average molecular weight is 324 g/mol. The van der Waals surface area contributed by atoms with Gasteiger partial charge in [0, 0.05) is 32.6 Å². The van der Waals surface area contributed by atoms with Crippen LogP contribution in [0, 0.1) is 0 Å². The van der Waals surface area contributed by atoms with E-state index < -0.39 is 5.97 Å². The number of carboxylic acid groups (broad SMARTS) is 1. The average Bonchev–Trinajstić information content (AvgIpc) is 2.55. The Bertz CT molecular complexity index is 459. The fraction of sp³-hybridized carbons (Fsp3) is 0.611. The number of hydrogen-bond donors (Lipinski definition) is 1. The van der Waals surface area contributed by atoms with E-state index in [-0.39, 0.29) is 6.42 Å². The molecular weight excluding hydrogens is 296 g/mol. The molecule has 0 atom stereocenters. The first-order chi connectivity index (χ1) is 11.2. The molecule has 0 spiro atoms. The Balaban J connectivity index is 2.35. The fourth-order valence-corrected chi connectivity index (χ4v) is 2.36. The van der Waals surface area contributed by atoms with Crippen molar-refractivity contribution >= 4 is 5.97 Å². The van der Waals surface area contributed by atoms with E-state index in [1.165, 1.54) is 0 Å². The van der Waals surface area contributed by atoms with E-state index in [2.05, 4.69) is 0 Å². The van der Waals surface area contributed by atoms with Crippen molar-refractivity contribution < 1.29 is 24.1 Å². The van der Waals surface area contributed by atoms with Crippen LogP contribution < -0.4 is 9.47 Å². The van der Waals surface area contributed by atoms with Crippen LogP contribution in [0.25, 0.3) is 0 Å². The van der Waals surface area contributed by atoms with Crippen LogP contribution in [0.3, 0.4) is 0 Å². The van der Waals surface area contributed by atoms with Crippen molar-refractivity contribution in [2.45, 2.75) is 44.9 Å². The van der Waals surface area contributed by atoms with E-state index in [0.717, 1.165) is 55.6 Å². The van der Waals surface area contributed by atoms with Crippen LogP contribution in [0.5, 0.6) is 11.5 Å². The molecule has 0 heterocycles. The molecule has 0 saturated carbocycles. The van der Waals surface area contributed by atoms with Crippen LogP contribution in [0.2, 0.25) is 0 Å². The highest BCUT2D eigenvalue weighted by Gasteiger charge is 2.06. The Morgan fingerprint density at radius 1 is 1.04 bits per heavy atom. The summed E-state index contributed by atoms with van der Waals surface area (Å²) in [5, 5.41) is 8.60. The lowest BCUT2D eigenvalue weighted by Gasteiger charge is -2.12. The van der Waals surface area contributed by atoms with E-state index in [1.54, 1.807) is 14.2 Å². The molecule has 0 aliphatic carbocycles. The molecule has 0 aromatic heterocycles. The van der Waals surface area contributed by atoms with Gasteiger partial charge in [-0.05, 0) is 30.9 Å². The minimum atomic E-state index is -0.715. The molecule has 0 radical (unpaired) electrons. The van der Waals surface area contributed by atoms with E-state index >= 15 is 0 Å². The van der Waals surface area contributed by atoms with Crippen LogP contribution in [0.15, 0.2) is 18.2 Å². The molecule has 0 aliphatic rings. The van der Waals surface area contributed by atoms with E-state index in [1.807, 2.05) is 18.2 Å². The van der Waals surface area contributed by atoms with Gasteiger partial charge in [-0.15, -0.1) is 0 Å². The summed E-state index contributed by atoms with van der Waals surface area (Å²) in [6, 6.07) is 5.93. The maximum Gasteiger partial charge on any atom is 0.303 e. The Labute approximate surface area is 138 Å². The van der Waals surface area contributed by atoms with Gasteiger partial charge in [-0.25, -0.2) is 0 Å². The van der Waals surface area contributed by atoms with Crippen LogP contribution in [-0.2, 0) is 16.0 Å². The molecule has 1 aromatic carbocycles. The number of aryl methyl sites for hydroxylation is 1. The van der Waals surface area contributed by atoms with Crippen molar-refractivity contribution in [3.8, 4) is 11.5 Å². The molecular formula is C18H28O5. The first-order valence-corrected chi connectivity index (χ1v) is 8.17. The third-order valence-corrected chi connectivity index (χ3v) is 3.61. The van der Waals surface area contributed by atoms with Crippen molar-refractivity contribution in [3.05, 3.63) is 23.8 Å². The monoisotopic (exact) mass is 324 g/mol. The zero-order valence-electron chi connectivity index (χ0n) is 14.2. The van der Waals surface area contributed by atoms with Gasteiger partial charge in [-0.2, -0.15) is 0 Å². The van der Waals surface area contributed by atoms with Crippen molar-refractivity contribution in [2.75, 3.05) is 27.4 Å². The third-order valence-electron chi connectivity index (χ3n) is 3.61. The zero-order valence-corrected chi connectivity index (χ0v) is 14.2. The van der Waals surface area contributed by atoms with Gasteiger partial charge in [-0.3, -0.25) is 4.79 Å². The van der Waals surface area contributed by atoms with Crippen molar-refractivity contribution in [3.63, 3.8) is 0 Å². The van der Waals surface area contributed by atoms with E-state index in [4.69, 9.17) is 19.3 Å². The highest BCUT2D eigenvalue weighted by molar-refractivity contribution is 5.66. The second kappa shape index (κ2) is 11.8. The number of unbranched alkanes of at least 4 members (excludes halogenated alkanes) is 3. The number of carbonyl (C=O) groups is 1.